The van der Waals surface area contributed by atoms with Crippen molar-refractivity contribution in [2.45, 2.75) is 26.2 Å². The first kappa shape index (κ1) is 20.4. The lowest BCUT2D eigenvalue weighted by Gasteiger charge is -2.15. The van der Waals surface area contributed by atoms with Crippen LogP contribution in [0.15, 0.2) is 53.4 Å². The van der Waals surface area contributed by atoms with Gasteiger partial charge in [0.25, 0.3) is 5.91 Å². The third kappa shape index (κ3) is 5.36. The third-order valence-electron chi connectivity index (χ3n) is 4.49. The number of thioether (sulfide) groups is 1. The second kappa shape index (κ2) is 9.75. The van der Waals surface area contributed by atoms with Gasteiger partial charge < -0.3 is 14.8 Å². The van der Waals surface area contributed by atoms with Gasteiger partial charge in [-0.2, -0.15) is 0 Å². The Morgan fingerprint density at radius 1 is 1.11 bits per heavy atom. The van der Waals surface area contributed by atoms with E-state index in [2.05, 4.69) is 25.2 Å². The van der Waals surface area contributed by atoms with Crippen molar-refractivity contribution >= 4 is 40.3 Å². The van der Waals surface area contributed by atoms with Crippen molar-refractivity contribution in [2.75, 3.05) is 13.2 Å². The molecule has 2 aromatic rings. The second-order valence-corrected chi connectivity index (χ2v) is 8.18. The average Bonchev–Trinajstić information content (AvgIpc) is 3.03. The zero-order chi connectivity index (χ0) is 19.9. The predicted molar refractivity (Wildman–Crippen MR) is 119 cm³/mol. The number of benzene rings is 2. The molecule has 0 radical (unpaired) electrons. The summed E-state index contributed by atoms with van der Waals surface area (Å²) in [5.74, 6) is 2.01. The quantitative estimate of drug-likeness (QED) is 0.369. The molecule has 28 heavy (non-hydrogen) atoms. The van der Waals surface area contributed by atoms with Crippen molar-refractivity contribution in [1.82, 2.24) is 5.32 Å². The van der Waals surface area contributed by atoms with E-state index in [0.29, 0.717) is 28.4 Å². The highest BCUT2D eigenvalue weighted by Gasteiger charge is 2.21. The van der Waals surface area contributed by atoms with Crippen LogP contribution in [0.1, 0.15) is 37.3 Å². The zero-order valence-electron chi connectivity index (χ0n) is 15.9. The van der Waals surface area contributed by atoms with Crippen molar-refractivity contribution < 1.29 is 14.3 Å². The molecule has 1 heterocycles. The van der Waals surface area contributed by atoms with Crippen molar-refractivity contribution in [2.24, 2.45) is 0 Å². The van der Waals surface area contributed by atoms with Gasteiger partial charge in [-0.05, 0) is 47.7 Å². The first-order valence-corrected chi connectivity index (χ1v) is 10.5. The maximum absolute atomic E-state index is 11.7. The monoisotopic (exact) mass is 413 g/mol. The normalized spacial score (nSPS) is 16.1. The Labute approximate surface area is 175 Å². The van der Waals surface area contributed by atoms with Gasteiger partial charge in [-0.1, -0.05) is 68.2 Å². The van der Waals surface area contributed by atoms with Gasteiger partial charge in [0.1, 0.15) is 29.0 Å². The maximum Gasteiger partial charge on any atom is 0.263 e. The number of carbonyl (C=O) groups is 1. The summed E-state index contributed by atoms with van der Waals surface area (Å²) in [4.78, 5) is 12.3. The molecule has 1 aliphatic rings. The molecule has 0 aliphatic carbocycles. The number of rotatable bonds is 8. The van der Waals surface area contributed by atoms with Gasteiger partial charge in [-0.3, -0.25) is 4.79 Å². The van der Waals surface area contributed by atoms with Gasteiger partial charge >= 0.3 is 0 Å². The lowest BCUT2D eigenvalue weighted by molar-refractivity contribution is -0.115. The maximum atomic E-state index is 11.7. The van der Waals surface area contributed by atoms with Crippen LogP contribution in [0.3, 0.4) is 0 Å². The van der Waals surface area contributed by atoms with E-state index in [4.69, 9.17) is 21.7 Å². The summed E-state index contributed by atoms with van der Waals surface area (Å²) in [6.07, 6.45) is 2.89. The zero-order valence-corrected chi connectivity index (χ0v) is 17.6. The number of amides is 1. The van der Waals surface area contributed by atoms with Crippen LogP contribution >= 0.6 is 24.0 Å². The van der Waals surface area contributed by atoms with Gasteiger partial charge in [0.2, 0.25) is 0 Å². The fourth-order valence-corrected chi connectivity index (χ4v) is 3.83. The third-order valence-corrected chi connectivity index (χ3v) is 5.65. The highest BCUT2D eigenvalue weighted by atomic mass is 32.2. The lowest BCUT2D eigenvalue weighted by Crippen LogP contribution is -2.17. The van der Waals surface area contributed by atoms with E-state index >= 15 is 0 Å². The number of thiocarbonyl (C=S) groups is 1. The van der Waals surface area contributed by atoms with Crippen LogP contribution in [0.5, 0.6) is 11.5 Å². The van der Waals surface area contributed by atoms with Gasteiger partial charge in [-0.15, -0.1) is 0 Å². The second-order valence-electron chi connectivity index (χ2n) is 6.47. The highest BCUT2D eigenvalue weighted by Crippen LogP contribution is 2.28. The SMILES string of the molecule is CC[C@@H](C)c1ccccc1OCCOc1ccc(/C=C2\SC(=S)NC2=O)cc1. The number of nitrogens with one attached hydrogen (secondary N) is 1. The van der Waals surface area contributed by atoms with Crippen molar-refractivity contribution in [3.05, 3.63) is 64.6 Å². The van der Waals surface area contributed by atoms with E-state index in [-0.39, 0.29) is 5.91 Å². The molecular formula is C22H23NO3S2. The first-order chi connectivity index (χ1) is 13.6. The Morgan fingerprint density at radius 3 is 2.50 bits per heavy atom. The molecule has 0 bridgehead atoms. The number of para-hydroxylation sites is 1. The van der Waals surface area contributed by atoms with Crippen molar-refractivity contribution in [3.63, 3.8) is 0 Å². The molecule has 0 spiro atoms. The molecule has 0 aromatic heterocycles. The molecule has 3 rings (SSSR count). The van der Waals surface area contributed by atoms with Crippen molar-refractivity contribution in [1.29, 1.82) is 0 Å². The Hall–Kier alpha value is -2.31. The summed E-state index contributed by atoms with van der Waals surface area (Å²) in [6.45, 7) is 5.32. The molecule has 1 atom stereocenters. The Kier molecular flexibility index (Phi) is 7.12. The smallest absolute Gasteiger partial charge is 0.263 e. The van der Waals surface area contributed by atoms with Crippen LogP contribution in [0.25, 0.3) is 6.08 Å². The molecule has 1 fully saturated rings. The average molecular weight is 414 g/mol. The first-order valence-electron chi connectivity index (χ1n) is 9.26. The van der Waals surface area contributed by atoms with E-state index in [1.165, 1.54) is 17.3 Å². The van der Waals surface area contributed by atoms with Gasteiger partial charge in [-0.25, -0.2) is 0 Å². The molecule has 1 amide bonds. The Balaban J connectivity index is 1.50. The van der Waals surface area contributed by atoms with E-state index in [1.807, 2.05) is 48.5 Å². The van der Waals surface area contributed by atoms with Crippen LogP contribution in [-0.2, 0) is 4.79 Å². The molecule has 6 heteroatoms. The largest absolute Gasteiger partial charge is 0.490 e. The molecule has 0 saturated carbocycles. The molecule has 1 aliphatic heterocycles. The fourth-order valence-electron chi connectivity index (χ4n) is 2.78. The van der Waals surface area contributed by atoms with Gasteiger partial charge in [0, 0.05) is 0 Å². The standard InChI is InChI=1S/C22H23NO3S2/c1-3-15(2)18-6-4-5-7-19(18)26-13-12-25-17-10-8-16(9-11-17)14-20-21(24)23-22(27)28-20/h4-11,14-15H,3,12-13H2,1-2H3,(H,23,24,27)/b20-14-/t15-/m1/s1. The molecule has 146 valence electrons. The predicted octanol–water partition coefficient (Wildman–Crippen LogP) is 5.15. The minimum absolute atomic E-state index is 0.148. The van der Waals surface area contributed by atoms with Gasteiger partial charge in [0.05, 0.1) is 4.91 Å². The Bertz CT molecular complexity index is 878. The summed E-state index contributed by atoms with van der Waals surface area (Å²) in [5, 5.41) is 2.61. The molecule has 2 aromatic carbocycles. The minimum atomic E-state index is -0.148. The highest BCUT2D eigenvalue weighted by molar-refractivity contribution is 8.26. The number of carbonyl (C=O) groups excluding carboxylic acids is 1. The molecular weight excluding hydrogens is 390 g/mol. The molecule has 1 saturated heterocycles. The van der Waals surface area contributed by atoms with Crippen LogP contribution in [0.2, 0.25) is 0 Å². The number of ether oxygens (including phenoxy) is 2. The van der Waals surface area contributed by atoms with Crippen LogP contribution < -0.4 is 14.8 Å². The van der Waals surface area contributed by atoms with Crippen LogP contribution in [0.4, 0.5) is 0 Å². The van der Waals surface area contributed by atoms with E-state index in [0.717, 1.165) is 23.5 Å². The van der Waals surface area contributed by atoms with E-state index in [9.17, 15) is 4.79 Å². The molecule has 1 N–H and O–H groups in total. The van der Waals surface area contributed by atoms with Crippen molar-refractivity contribution in [3.8, 4) is 11.5 Å². The summed E-state index contributed by atoms with van der Waals surface area (Å²) >= 11 is 6.27. The summed E-state index contributed by atoms with van der Waals surface area (Å²) in [6, 6.07) is 15.8. The summed E-state index contributed by atoms with van der Waals surface area (Å²) in [5.41, 5.74) is 2.16. The van der Waals surface area contributed by atoms with Gasteiger partial charge in [0.15, 0.2) is 0 Å². The molecule has 0 unspecified atom stereocenters. The summed E-state index contributed by atoms with van der Waals surface area (Å²) < 4.78 is 12.2. The lowest BCUT2D eigenvalue weighted by atomic mass is 9.98. The van der Waals surface area contributed by atoms with E-state index in [1.54, 1.807) is 0 Å². The minimum Gasteiger partial charge on any atom is -0.490 e. The van der Waals surface area contributed by atoms with E-state index < -0.39 is 0 Å². The topological polar surface area (TPSA) is 47.6 Å². The Morgan fingerprint density at radius 2 is 1.82 bits per heavy atom. The van der Waals surface area contributed by atoms with Crippen LogP contribution in [0, 0.1) is 0 Å². The number of hydrogen-bond acceptors (Lipinski definition) is 5. The molecule has 4 nitrogen and oxygen atoms in total. The fraction of sp³-hybridized carbons (Fsp3) is 0.273. The summed E-state index contributed by atoms with van der Waals surface area (Å²) in [7, 11) is 0. The number of hydrogen-bond donors (Lipinski definition) is 1. The van der Waals surface area contributed by atoms with Crippen LogP contribution in [-0.4, -0.2) is 23.4 Å².